The van der Waals surface area contributed by atoms with Crippen LogP contribution in [-0.4, -0.2) is 23.2 Å². The first-order valence-corrected chi connectivity index (χ1v) is 5.01. The summed E-state index contributed by atoms with van der Waals surface area (Å²) in [6.07, 6.45) is 0.726. The zero-order chi connectivity index (χ0) is 10.7. The fourth-order valence-electron chi connectivity index (χ4n) is 1.47. The lowest BCUT2D eigenvalue weighted by Crippen LogP contribution is -1.99. The predicted molar refractivity (Wildman–Crippen MR) is 56.2 cm³/mol. The molecular weight excluding hydrogens is 195 g/mol. The highest BCUT2D eigenvalue weighted by atomic mass is 19.1. The van der Waals surface area contributed by atoms with Crippen molar-refractivity contribution >= 4 is 11.0 Å². The van der Waals surface area contributed by atoms with Crippen molar-refractivity contribution in [1.29, 1.82) is 0 Å². The van der Waals surface area contributed by atoms with Crippen LogP contribution in [0, 0.1) is 5.82 Å². The first kappa shape index (κ1) is 10.1. The van der Waals surface area contributed by atoms with Crippen LogP contribution in [0.1, 0.15) is 12.7 Å². The fourth-order valence-corrected chi connectivity index (χ4v) is 1.47. The number of imidazole rings is 1. The number of aromatic amines is 1. The Kier molecular flexibility index (Phi) is 2.97. The van der Waals surface area contributed by atoms with E-state index in [1.54, 1.807) is 6.07 Å². The Hall–Kier alpha value is -1.42. The molecule has 1 N–H and O–H groups in total. The molecule has 80 valence electrons. The fraction of sp³-hybridized carbons (Fsp3) is 0.364. The van der Waals surface area contributed by atoms with Crippen LogP contribution in [0.3, 0.4) is 0 Å². The van der Waals surface area contributed by atoms with Crippen LogP contribution in [-0.2, 0) is 11.2 Å². The van der Waals surface area contributed by atoms with Gasteiger partial charge in [0.2, 0.25) is 0 Å². The Labute approximate surface area is 87.3 Å². The number of nitrogens with zero attached hydrogens (tertiary/aromatic N) is 1. The largest absolute Gasteiger partial charge is 0.381 e. The van der Waals surface area contributed by atoms with Crippen molar-refractivity contribution in [3.05, 3.63) is 29.8 Å². The number of fused-ring (bicyclic) bond motifs is 1. The van der Waals surface area contributed by atoms with E-state index in [2.05, 4.69) is 9.97 Å². The average Bonchev–Trinajstić information content (AvgIpc) is 2.60. The molecule has 0 saturated carbocycles. The van der Waals surface area contributed by atoms with E-state index >= 15 is 0 Å². The first-order chi connectivity index (χ1) is 7.29. The topological polar surface area (TPSA) is 37.9 Å². The quantitative estimate of drug-likeness (QED) is 0.783. The van der Waals surface area contributed by atoms with Gasteiger partial charge < -0.3 is 9.72 Å². The first-order valence-electron chi connectivity index (χ1n) is 5.01. The third-order valence-electron chi connectivity index (χ3n) is 2.18. The third kappa shape index (κ3) is 2.33. The van der Waals surface area contributed by atoms with Gasteiger partial charge in [-0.05, 0) is 25.1 Å². The molecule has 0 aliphatic carbocycles. The Morgan fingerprint density at radius 3 is 3.13 bits per heavy atom. The number of H-pyrrole nitrogens is 1. The summed E-state index contributed by atoms with van der Waals surface area (Å²) in [5.74, 6) is 0.589. The lowest BCUT2D eigenvalue weighted by molar-refractivity contribution is 0.149. The molecule has 0 atom stereocenters. The number of hydrogen-bond acceptors (Lipinski definition) is 2. The van der Waals surface area contributed by atoms with Crippen molar-refractivity contribution in [2.45, 2.75) is 13.3 Å². The van der Waals surface area contributed by atoms with Gasteiger partial charge in [-0.25, -0.2) is 9.37 Å². The van der Waals surface area contributed by atoms with Gasteiger partial charge in [-0.3, -0.25) is 0 Å². The number of hydrogen-bond donors (Lipinski definition) is 1. The minimum Gasteiger partial charge on any atom is -0.381 e. The predicted octanol–water partition coefficient (Wildman–Crippen LogP) is 2.28. The van der Waals surface area contributed by atoms with Gasteiger partial charge >= 0.3 is 0 Å². The maximum atomic E-state index is 12.9. The highest BCUT2D eigenvalue weighted by molar-refractivity contribution is 5.74. The number of ether oxygens (including phenoxy) is 1. The summed E-state index contributed by atoms with van der Waals surface area (Å²) < 4.78 is 18.1. The van der Waals surface area contributed by atoms with Crippen molar-refractivity contribution < 1.29 is 9.13 Å². The molecule has 4 heteroatoms. The monoisotopic (exact) mass is 208 g/mol. The highest BCUT2D eigenvalue weighted by Crippen LogP contribution is 2.12. The van der Waals surface area contributed by atoms with Gasteiger partial charge in [0, 0.05) is 13.0 Å². The number of nitrogens with one attached hydrogen (secondary N) is 1. The van der Waals surface area contributed by atoms with Gasteiger partial charge in [-0.1, -0.05) is 0 Å². The molecule has 1 aromatic heterocycles. The Bertz CT molecular complexity index is 453. The molecule has 3 nitrogen and oxygen atoms in total. The van der Waals surface area contributed by atoms with E-state index in [1.165, 1.54) is 12.1 Å². The normalized spacial score (nSPS) is 11.1. The van der Waals surface area contributed by atoms with Crippen molar-refractivity contribution in [3.8, 4) is 0 Å². The maximum absolute atomic E-state index is 12.9. The maximum Gasteiger partial charge on any atom is 0.125 e. The highest BCUT2D eigenvalue weighted by Gasteiger charge is 2.03. The number of rotatable bonds is 4. The zero-order valence-electron chi connectivity index (χ0n) is 8.59. The van der Waals surface area contributed by atoms with E-state index in [1.807, 2.05) is 6.92 Å². The molecule has 1 aromatic carbocycles. The minimum absolute atomic E-state index is 0.248. The Morgan fingerprint density at radius 2 is 2.33 bits per heavy atom. The molecule has 0 radical (unpaired) electrons. The lowest BCUT2D eigenvalue weighted by atomic mass is 10.3. The van der Waals surface area contributed by atoms with Crippen LogP contribution < -0.4 is 0 Å². The van der Waals surface area contributed by atoms with Gasteiger partial charge in [0.15, 0.2) is 0 Å². The third-order valence-corrected chi connectivity index (χ3v) is 2.18. The van der Waals surface area contributed by atoms with Gasteiger partial charge in [-0.2, -0.15) is 0 Å². The standard InChI is InChI=1S/C11H13FN2O/c1-2-15-6-5-11-13-9-4-3-8(12)7-10(9)14-11/h3-4,7H,2,5-6H2,1H3,(H,13,14). The average molecular weight is 208 g/mol. The van der Waals surface area contributed by atoms with Crippen molar-refractivity contribution in [2.75, 3.05) is 13.2 Å². The van der Waals surface area contributed by atoms with Crippen LogP contribution in [0.15, 0.2) is 18.2 Å². The molecular formula is C11H13FN2O. The van der Waals surface area contributed by atoms with E-state index < -0.39 is 0 Å². The summed E-state index contributed by atoms with van der Waals surface area (Å²) in [4.78, 5) is 7.39. The summed E-state index contributed by atoms with van der Waals surface area (Å²) in [5.41, 5.74) is 1.53. The Balaban J connectivity index is 2.16. The van der Waals surface area contributed by atoms with Crippen molar-refractivity contribution in [1.82, 2.24) is 9.97 Å². The molecule has 2 aromatic rings. The molecule has 15 heavy (non-hydrogen) atoms. The van der Waals surface area contributed by atoms with Crippen molar-refractivity contribution in [3.63, 3.8) is 0 Å². The van der Waals surface area contributed by atoms with E-state index in [-0.39, 0.29) is 5.82 Å². The zero-order valence-corrected chi connectivity index (χ0v) is 8.59. The summed E-state index contributed by atoms with van der Waals surface area (Å²) in [7, 11) is 0. The second-order valence-corrected chi connectivity index (χ2v) is 3.29. The second-order valence-electron chi connectivity index (χ2n) is 3.29. The second kappa shape index (κ2) is 4.40. The van der Waals surface area contributed by atoms with Gasteiger partial charge in [0.25, 0.3) is 0 Å². The molecule has 0 aliphatic rings. The van der Waals surface area contributed by atoms with E-state index in [0.717, 1.165) is 23.3 Å². The Morgan fingerprint density at radius 1 is 1.47 bits per heavy atom. The van der Waals surface area contributed by atoms with Gasteiger partial charge in [-0.15, -0.1) is 0 Å². The summed E-state index contributed by atoms with van der Waals surface area (Å²) in [5, 5.41) is 0. The number of aromatic nitrogens is 2. The molecule has 0 spiro atoms. The van der Waals surface area contributed by atoms with E-state index in [0.29, 0.717) is 13.2 Å². The van der Waals surface area contributed by atoms with Crippen LogP contribution in [0.2, 0.25) is 0 Å². The van der Waals surface area contributed by atoms with Crippen LogP contribution >= 0.6 is 0 Å². The molecule has 0 aliphatic heterocycles. The van der Waals surface area contributed by atoms with E-state index in [9.17, 15) is 4.39 Å². The van der Waals surface area contributed by atoms with Gasteiger partial charge in [0.05, 0.1) is 17.6 Å². The minimum atomic E-state index is -0.248. The molecule has 0 fully saturated rings. The summed E-state index contributed by atoms with van der Waals surface area (Å²) in [6.45, 7) is 3.29. The molecule has 0 unspecified atom stereocenters. The number of benzene rings is 1. The van der Waals surface area contributed by atoms with E-state index in [4.69, 9.17) is 4.74 Å². The molecule has 2 rings (SSSR count). The number of halogens is 1. The van der Waals surface area contributed by atoms with Crippen molar-refractivity contribution in [2.24, 2.45) is 0 Å². The SMILES string of the molecule is CCOCCc1nc2ccc(F)cc2[nH]1. The van der Waals surface area contributed by atoms with Crippen LogP contribution in [0.4, 0.5) is 4.39 Å². The molecule has 0 saturated heterocycles. The molecule has 0 amide bonds. The summed E-state index contributed by atoms with van der Waals surface area (Å²) in [6, 6.07) is 4.54. The summed E-state index contributed by atoms with van der Waals surface area (Å²) >= 11 is 0. The van der Waals surface area contributed by atoms with Gasteiger partial charge in [0.1, 0.15) is 11.6 Å². The smallest absolute Gasteiger partial charge is 0.125 e. The lowest BCUT2D eigenvalue weighted by Gasteiger charge is -1.96. The van der Waals surface area contributed by atoms with Crippen LogP contribution in [0.25, 0.3) is 11.0 Å². The molecule has 1 heterocycles. The molecule has 0 bridgehead atoms. The van der Waals surface area contributed by atoms with Crippen LogP contribution in [0.5, 0.6) is 0 Å².